The van der Waals surface area contributed by atoms with Crippen LogP contribution in [0, 0.1) is 11.8 Å². The number of hydrogen-bond acceptors (Lipinski definition) is 1. The second-order valence-electron chi connectivity index (χ2n) is 18.3. The zero-order valence-corrected chi connectivity index (χ0v) is 33.6. The summed E-state index contributed by atoms with van der Waals surface area (Å²) in [5.74, 6) is 3.23. The predicted molar refractivity (Wildman–Crippen MR) is 241 cm³/mol. The number of benzene rings is 7. The van der Waals surface area contributed by atoms with Crippen LogP contribution in [0.1, 0.15) is 106 Å². The molecule has 3 saturated carbocycles. The monoisotopic (exact) mass is 739 g/mol. The van der Waals surface area contributed by atoms with Crippen LogP contribution in [0.3, 0.4) is 0 Å². The van der Waals surface area contributed by atoms with Gasteiger partial charge in [-0.25, -0.2) is 0 Å². The maximum atomic E-state index is 2.55. The van der Waals surface area contributed by atoms with Crippen LogP contribution in [-0.2, 0) is 5.41 Å². The Morgan fingerprint density at radius 2 is 1.25 bits per heavy atom. The molecule has 0 aromatic heterocycles. The van der Waals surface area contributed by atoms with Gasteiger partial charge in [0.25, 0.3) is 0 Å². The van der Waals surface area contributed by atoms with E-state index >= 15 is 0 Å². The van der Waals surface area contributed by atoms with Crippen LogP contribution in [0.15, 0.2) is 152 Å². The molecule has 4 aliphatic carbocycles. The molecule has 0 amide bonds. The van der Waals surface area contributed by atoms with E-state index < -0.39 is 0 Å². The van der Waals surface area contributed by atoms with Gasteiger partial charge in [-0.05, 0) is 147 Å². The lowest BCUT2D eigenvalue weighted by atomic mass is 9.81. The second kappa shape index (κ2) is 13.9. The zero-order chi connectivity index (χ0) is 38.1. The summed E-state index contributed by atoms with van der Waals surface area (Å²) in [5.41, 5.74) is 17.2. The number of nitrogens with zero attached hydrogens (tertiary/aromatic N) is 1. The van der Waals surface area contributed by atoms with Gasteiger partial charge in [-0.15, -0.1) is 0 Å². The van der Waals surface area contributed by atoms with Gasteiger partial charge in [-0.2, -0.15) is 0 Å². The van der Waals surface area contributed by atoms with Gasteiger partial charge in [0.1, 0.15) is 0 Å². The fourth-order valence-corrected chi connectivity index (χ4v) is 11.7. The van der Waals surface area contributed by atoms with Crippen molar-refractivity contribution in [1.29, 1.82) is 0 Å². The zero-order valence-electron chi connectivity index (χ0n) is 33.6. The molecule has 0 aliphatic heterocycles. The van der Waals surface area contributed by atoms with Crippen LogP contribution >= 0.6 is 0 Å². The molecule has 4 aliphatic rings. The summed E-state index contributed by atoms with van der Waals surface area (Å²) in [7, 11) is 0. The van der Waals surface area contributed by atoms with E-state index in [1.165, 1.54) is 141 Å². The average molecular weight is 740 g/mol. The van der Waals surface area contributed by atoms with Crippen molar-refractivity contribution < 1.29 is 0 Å². The van der Waals surface area contributed by atoms with E-state index in [4.69, 9.17) is 0 Å². The van der Waals surface area contributed by atoms with Crippen LogP contribution in [0.2, 0.25) is 0 Å². The first-order valence-corrected chi connectivity index (χ1v) is 21.9. The Bertz CT molecular complexity index is 2590. The summed E-state index contributed by atoms with van der Waals surface area (Å²) in [6.07, 6.45) is 12.4. The van der Waals surface area contributed by atoms with Gasteiger partial charge >= 0.3 is 0 Å². The van der Waals surface area contributed by atoms with Gasteiger partial charge in [-0.1, -0.05) is 161 Å². The van der Waals surface area contributed by atoms with Gasteiger partial charge in [0.05, 0.1) is 5.69 Å². The minimum absolute atomic E-state index is 0.147. The van der Waals surface area contributed by atoms with Crippen LogP contribution in [0.25, 0.3) is 44.2 Å². The minimum atomic E-state index is -0.147. The number of rotatable bonds is 7. The molecule has 11 rings (SSSR count). The summed E-state index contributed by atoms with van der Waals surface area (Å²) in [6, 6.07) is 58.2. The Hall–Kier alpha value is -5.40. The Morgan fingerprint density at radius 3 is 2.02 bits per heavy atom. The van der Waals surface area contributed by atoms with E-state index in [1.807, 2.05) is 0 Å². The van der Waals surface area contributed by atoms with E-state index in [0.29, 0.717) is 5.92 Å². The molecule has 2 bridgehead atoms. The standard InChI is InChI=1S/C56H53N/c1-56(2)52-17-10-16-49(41-23-21-40(22-24-41)38-11-5-3-6-12-38)55(52)50-32-30-47(36-53(50)56)57(46-28-25-42(26-29-46)51-34-37-19-20-45(51)33-37)54-18-9-15-44-35-43(27-31-48(44)54)39-13-7-4-8-14-39/h3,5-6,9-12,15-18,21-32,35-37,39,45,51H,4,7-8,13-14,19-20,33-34H2,1-2H3. The Balaban J connectivity index is 1.02. The first-order valence-electron chi connectivity index (χ1n) is 21.9. The van der Waals surface area contributed by atoms with Crippen molar-refractivity contribution in [3.8, 4) is 33.4 Å². The maximum absolute atomic E-state index is 2.55. The predicted octanol–water partition coefficient (Wildman–Crippen LogP) is 15.9. The smallest absolute Gasteiger partial charge is 0.0540 e. The number of fused-ring (bicyclic) bond motifs is 6. The minimum Gasteiger partial charge on any atom is -0.310 e. The highest BCUT2D eigenvalue weighted by Crippen LogP contribution is 2.55. The van der Waals surface area contributed by atoms with Gasteiger partial charge in [0, 0.05) is 22.2 Å². The average Bonchev–Trinajstić information content (AvgIpc) is 3.97. The lowest BCUT2D eigenvalue weighted by Crippen LogP contribution is -2.17. The van der Waals surface area contributed by atoms with Crippen LogP contribution < -0.4 is 4.90 Å². The van der Waals surface area contributed by atoms with E-state index in [0.717, 1.165) is 17.8 Å². The summed E-state index contributed by atoms with van der Waals surface area (Å²) >= 11 is 0. The molecule has 1 heteroatoms. The molecule has 3 fully saturated rings. The normalized spacial score (nSPS) is 20.8. The maximum Gasteiger partial charge on any atom is 0.0540 e. The summed E-state index contributed by atoms with van der Waals surface area (Å²) in [6.45, 7) is 4.84. The molecule has 0 N–H and O–H groups in total. The quantitative estimate of drug-likeness (QED) is 0.157. The van der Waals surface area contributed by atoms with Crippen molar-refractivity contribution in [2.45, 2.75) is 88.9 Å². The molecule has 0 spiro atoms. The number of hydrogen-bond donors (Lipinski definition) is 0. The highest BCUT2D eigenvalue weighted by Gasteiger charge is 2.40. The van der Waals surface area contributed by atoms with Crippen molar-refractivity contribution in [1.82, 2.24) is 0 Å². The van der Waals surface area contributed by atoms with Crippen LogP contribution in [-0.4, -0.2) is 0 Å². The van der Waals surface area contributed by atoms with Gasteiger partial charge in [0.2, 0.25) is 0 Å². The van der Waals surface area contributed by atoms with Crippen molar-refractivity contribution >= 4 is 27.8 Å². The molecule has 7 aromatic carbocycles. The summed E-state index contributed by atoms with van der Waals surface area (Å²) in [4.78, 5) is 2.55. The fraction of sp³-hybridized carbons (Fsp3) is 0.286. The first-order chi connectivity index (χ1) is 28.0. The largest absolute Gasteiger partial charge is 0.310 e. The third-order valence-electron chi connectivity index (χ3n) is 14.8. The molecule has 0 saturated heterocycles. The van der Waals surface area contributed by atoms with Crippen molar-refractivity contribution in [2.24, 2.45) is 11.8 Å². The van der Waals surface area contributed by atoms with E-state index in [-0.39, 0.29) is 5.41 Å². The molecular weight excluding hydrogens is 687 g/mol. The highest BCUT2D eigenvalue weighted by atomic mass is 15.1. The Morgan fingerprint density at radius 1 is 0.509 bits per heavy atom. The SMILES string of the molecule is CC1(C)c2cc(N(c3ccc(C4CC5CCC4C5)cc3)c3cccc4cc(C5CCCCC5)ccc34)ccc2-c2c(-c3ccc(-c4ccccc4)cc3)cccc21. The first kappa shape index (κ1) is 34.8. The fourth-order valence-electron chi connectivity index (χ4n) is 11.7. The van der Waals surface area contributed by atoms with E-state index in [2.05, 4.69) is 170 Å². The summed E-state index contributed by atoms with van der Waals surface area (Å²) < 4.78 is 0. The van der Waals surface area contributed by atoms with Crippen LogP contribution in [0.5, 0.6) is 0 Å². The van der Waals surface area contributed by atoms with E-state index in [9.17, 15) is 0 Å². The second-order valence-corrected chi connectivity index (χ2v) is 18.3. The molecule has 3 unspecified atom stereocenters. The third-order valence-corrected chi connectivity index (χ3v) is 14.8. The molecule has 0 radical (unpaired) electrons. The van der Waals surface area contributed by atoms with Gasteiger partial charge in [0.15, 0.2) is 0 Å². The highest BCUT2D eigenvalue weighted by molar-refractivity contribution is 6.00. The van der Waals surface area contributed by atoms with Crippen LogP contribution in [0.4, 0.5) is 17.1 Å². The topological polar surface area (TPSA) is 3.24 Å². The molecular formula is C56H53N. The molecule has 3 atom stereocenters. The van der Waals surface area contributed by atoms with Gasteiger partial charge < -0.3 is 4.90 Å². The van der Waals surface area contributed by atoms with Crippen molar-refractivity contribution in [3.63, 3.8) is 0 Å². The molecule has 282 valence electrons. The molecule has 7 aromatic rings. The molecule has 0 heterocycles. The third kappa shape index (κ3) is 5.96. The summed E-state index contributed by atoms with van der Waals surface area (Å²) in [5, 5.41) is 2.66. The van der Waals surface area contributed by atoms with Crippen molar-refractivity contribution in [2.75, 3.05) is 4.90 Å². The molecule has 57 heavy (non-hydrogen) atoms. The van der Waals surface area contributed by atoms with E-state index in [1.54, 1.807) is 0 Å². The molecule has 1 nitrogen and oxygen atoms in total. The van der Waals surface area contributed by atoms with Gasteiger partial charge in [-0.3, -0.25) is 0 Å². The Kier molecular flexibility index (Phi) is 8.50. The lowest BCUT2D eigenvalue weighted by Gasteiger charge is -2.30. The van der Waals surface area contributed by atoms with Crippen molar-refractivity contribution in [3.05, 3.63) is 174 Å². The lowest BCUT2D eigenvalue weighted by molar-refractivity contribution is 0.420. The Labute approximate surface area is 339 Å². The number of anilines is 3.